The summed E-state index contributed by atoms with van der Waals surface area (Å²) in [5.74, 6) is 0.403. The number of hydrogen-bond acceptors (Lipinski definition) is 1. The minimum Gasteiger partial charge on any atom is -0.501 e. The smallest absolute Gasteiger partial charge is 0.501 e. The van der Waals surface area contributed by atoms with E-state index in [2.05, 4.69) is 42.2 Å². The number of allylic oxidation sites excluding steroid dienone is 1. The van der Waals surface area contributed by atoms with Gasteiger partial charge in [-0.2, -0.15) is 12.8 Å². The molecule has 0 bridgehead atoms. The Bertz CT molecular complexity index is 435. The van der Waals surface area contributed by atoms with Crippen LogP contribution in [0, 0.1) is 83.1 Å². The van der Waals surface area contributed by atoms with Crippen LogP contribution >= 0.6 is 0 Å². The summed E-state index contributed by atoms with van der Waals surface area (Å²) in [6.45, 7) is 8.09. The molecule has 3 aliphatic rings. The summed E-state index contributed by atoms with van der Waals surface area (Å²) in [4.78, 5) is 2.35. The Kier molecular flexibility index (Phi) is 12.3. The Labute approximate surface area is 171 Å². The second-order valence-corrected chi connectivity index (χ2v) is 5.61. The maximum atomic E-state index is 4.12. The van der Waals surface area contributed by atoms with E-state index in [1.165, 1.54) is 11.3 Å². The van der Waals surface area contributed by atoms with Gasteiger partial charge in [0.1, 0.15) is 0 Å². The Morgan fingerprint density at radius 1 is 0.840 bits per heavy atom. The number of nitrogens with zero attached hydrogens (tertiary/aromatic N) is 1. The van der Waals surface area contributed by atoms with Crippen LogP contribution in [0.1, 0.15) is 6.92 Å². The van der Waals surface area contributed by atoms with E-state index >= 15 is 0 Å². The van der Waals surface area contributed by atoms with Gasteiger partial charge in [0, 0.05) is 12.2 Å². The van der Waals surface area contributed by atoms with Gasteiger partial charge in [0.25, 0.3) is 0 Å². The fourth-order valence-electron chi connectivity index (χ4n) is 2.54. The zero-order chi connectivity index (χ0) is 17.0. The standard InChI is InChI=1S/C13H15N.2C5H5.Ti/c1-3-12-10-14(9-11(12)2)13-7-5-4-6-8-13;2*1-2-4-5-3-1;/h4-8,11H,2,9-10H2,1H3;2*1-5H;/q-2;;;+4. The van der Waals surface area contributed by atoms with Gasteiger partial charge in [0.2, 0.25) is 0 Å². The minimum absolute atomic E-state index is 0. The SMILES string of the molecule is [CH2-]C1CN(c2ccccc2)CC1=[C-]C.[CH]1[CH][CH][CH][CH]1.[CH]1[CH][CH][CH][CH]1.[Ti+4]. The molecule has 0 aromatic heterocycles. The van der Waals surface area contributed by atoms with Crippen LogP contribution in [0.4, 0.5) is 5.69 Å². The van der Waals surface area contributed by atoms with Crippen molar-refractivity contribution in [1.82, 2.24) is 0 Å². The predicted molar refractivity (Wildman–Crippen MR) is 103 cm³/mol. The van der Waals surface area contributed by atoms with Crippen molar-refractivity contribution in [3.63, 3.8) is 0 Å². The normalized spacial score (nSPS) is 23.4. The van der Waals surface area contributed by atoms with Crippen molar-refractivity contribution in [2.24, 2.45) is 5.92 Å². The van der Waals surface area contributed by atoms with Gasteiger partial charge in [-0.1, -0.05) is 18.2 Å². The fraction of sp³-hybridized carbons (Fsp3) is 0.174. The van der Waals surface area contributed by atoms with Gasteiger partial charge < -0.3 is 17.9 Å². The van der Waals surface area contributed by atoms with E-state index in [0.717, 1.165) is 13.1 Å². The van der Waals surface area contributed by atoms with Crippen LogP contribution in [0.2, 0.25) is 0 Å². The molecule has 1 saturated heterocycles. The molecule has 10 radical (unpaired) electrons. The molecule has 1 heterocycles. The molecule has 25 heavy (non-hydrogen) atoms. The molecule has 1 aromatic carbocycles. The first-order chi connectivity index (χ1) is 11.8. The van der Waals surface area contributed by atoms with E-state index < -0.39 is 0 Å². The van der Waals surface area contributed by atoms with Crippen LogP contribution in [0.3, 0.4) is 0 Å². The summed E-state index contributed by atoms with van der Waals surface area (Å²) < 4.78 is 0. The van der Waals surface area contributed by atoms with Crippen molar-refractivity contribution in [3.8, 4) is 0 Å². The second-order valence-electron chi connectivity index (χ2n) is 5.61. The quantitative estimate of drug-likeness (QED) is 0.514. The topological polar surface area (TPSA) is 3.24 Å². The van der Waals surface area contributed by atoms with Gasteiger partial charge >= 0.3 is 21.7 Å². The molecule has 2 heteroatoms. The molecule has 0 spiro atoms. The van der Waals surface area contributed by atoms with Crippen LogP contribution in [-0.2, 0) is 21.7 Å². The van der Waals surface area contributed by atoms with Crippen molar-refractivity contribution < 1.29 is 21.7 Å². The van der Waals surface area contributed by atoms with Gasteiger partial charge in [-0.25, -0.2) is 0 Å². The van der Waals surface area contributed by atoms with Crippen molar-refractivity contribution >= 4 is 5.69 Å². The Balaban J connectivity index is 0.000000233. The van der Waals surface area contributed by atoms with Crippen LogP contribution in [0.15, 0.2) is 35.9 Å². The molecule has 0 amide bonds. The minimum atomic E-state index is 0. The molecule has 124 valence electrons. The molecule has 1 aliphatic heterocycles. The third-order valence-electron chi connectivity index (χ3n) is 3.85. The third kappa shape index (κ3) is 8.60. The van der Waals surface area contributed by atoms with Crippen molar-refractivity contribution in [2.75, 3.05) is 18.0 Å². The summed E-state index contributed by atoms with van der Waals surface area (Å²) in [6.07, 6.45) is 23.2. The van der Waals surface area contributed by atoms with Crippen molar-refractivity contribution in [3.05, 3.63) is 113 Å². The zero-order valence-corrected chi connectivity index (χ0v) is 16.4. The first-order valence-electron chi connectivity index (χ1n) is 8.31. The van der Waals surface area contributed by atoms with Gasteiger partial charge in [-0.15, -0.1) is 0 Å². The molecular formula is C23H25NTi+2. The largest absolute Gasteiger partial charge is 4.00 e. The number of rotatable bonds is 1. The summed E-state index contributed by atoms with van der Waals surface area (Å²) in [7, 11) is 0. The Morgan fingerprint density at radius 3 is 1.64 bits per heavy atom. The summed E-state index contributed by atoms with van der Waals surface area (Å²) in [6, 6.07) is 10.5. The Hall–Kier alpha value is -0.526. The molecule has 1 aromatic rings. The molecule has 4 rings (SSSR count). The summed E-state index contributed by atoms with van der Waals surface area (Å²) in [5, 5.41) is 0. The van der Waals surface area contributed by atoms with Gasteiger partial charge in [0.05, 0.1) is 0 Å². The van der Waals surface area contributed by atoms with E-state index in [9.17, 15) is 0 Å². The van der Waals surface area contributed by atoms with Crippen LogP contribution < -0.4 is 4.90 Å². The molecule has 1 nitrogen and oxygen atoms in total. The van der Waals surface area contributed by atoms with Gasteiger partial charge in [-0.05, 0) is 82.9 Å². The van der Waals surface area contributed by atoms with Crippen LogP contribution in [0.5, 0.6) is 0 Å². The predicted octanol–water partition coefficient (Wildman–Crippen LogP) is 4.75. The summed E-state index contributed by atoms with van der Waals surface area (Å²) in [5.41, 5.74) is 2.61. The van der Waals surface area contributed by atoms with Gasteiger partial charge in [0.15, 0.2) is 0 Å². The van der Waals surface area contributed by atoms with E-state index in [4.69, 9.17) is 0 Å². The maximum Gasteiger partial charge on any atom is 4.00 e. The molecule has 0 N–H and O–H groups in total. The van der Waals surface area contributed by atoms with Crippen LogP contribution in [0.25, 0.3) is 0 Å². The number of benzene rings is 1. The van der Waals surface area contributed by atoms with E-state index in [1.807, 2.05) is 77.2 Å². The molecule has 2 aliphatic carbocycles. The molecular weight excluding hydrogens is 338 g/mol. The molecule has 1 atom stereocenters. The van der Waals surface area contributed by atoms with Crippen molar-refractivity contribution in [1.29, 1.82) is 0 Å². The van der Waals surface area contributed by atoms with Crippen LogP contribution in [-0.4, -0.2) is 13.1 Å². The molecule has 3 fully saturated rings. The van der Waals surface area contributed by atoms with Crippen molar-refractivity contribution in [2.45, 2.75) is 6.92 Å². The maximum absolute atomic E-state index is 4.12. The number of hydrogen-bond donors (Lipinski definition) is 0. The average molecular weight is 363 g/mol. The second kappa shape index (κ2) is 13.6. The molecule has 1 unspecified atom stereocenters. The average Bonchev–Trinajstić information content (AvgIpc) is 3.39. The number of anilines is 1. The van der Waals surface area contributed by atoms with E-state index in [0.29, 0.717) is 5.92 Å². The fourth-order valence-corrected chi connectivity index (χ4v) is 2.54. The first kappa shape index (κ1) is 22.5. The number of para-hydroxylation sites is 1. The zero-order valence-electron chi connectivity index (χ0n) is 14.8. The molecule has 2 saturated carbocycles. The monoisotopic (exact) mass is 363 g/mol. The first-order valence-corrected chi connectivity index (χ1v) is 8.31. The third-order valence-corrected chi connectivity index (χ3v) is 3.85. The Morgan fingerprint density at radius 2 is 1.28 bits per heavy atom. The van der Waals surface area contributed by atoms with Gasteiger partial charge in [-0.3, -0.25) is 5.57 Å². The van der Waals surface area contributed by atoms with E-state index in [1.54, 1.807) is 0 Å². The summed E-state index contributed by atoms with van der Waals surface area (Å²) >= 11 is 0. The van der Waals surface area contributed by atoms with E-state index in [-0.39, 0.29) is 21.7 Å².